The van der Waals surface area contributed by atoms with Crippen molar-refractivity contribution in [3.05, 3.63) is 34.6 Å². The summed E-state index contributed by atoms with van der Waals surface area (Å²) in [5.74, 6) is -1.79. The van der Waals surface area contributed by atoms with Crippen LogP contribution in [0.2, 0.25) is 0 Å². The zero-order valence-corrected chi connectivity index (χ0v) is 16.4. The van der Waals surface area contributed by atoms with Gasteiger partial charge in [0.2, 0.25) is 0 Å². The molecule has 2 heterocycles. The van der Waals surface area contributed by atoms with E-state index in [-0.39, 0.29) is 5.41 Å². The number of carbonyl (C=O) groups is 3. The maximum absolute atomic E-state index is 12.6. The van der Waals surface area contributed by atoms with Crippen LogP contribution in [0.5, 0.6) is 0 Å². The van der Waals surface area contributed by atoms with E-state index in [0.717, 1.165) is 30.4 Å². The van der Waals surface area contributed by atoms with Crippen LogP contribution >= 0.6 is 0 Å². The van der Waals surface area contributed by atoms with Crippen LogP contribution in [0.25, 0.3) is 0 Å². The lowest BCUT2D eigenvalue weighted by molar-refractivity contribution is -0.152. The second-order valence-electron chi connectivity index (χ2n) is 8.39. The van der Waals surface area contributed by atoms with E-state index in [2.05, 4.69) is 13.8 Å². The largest absolute Gasteiger partial charge is 0.458 e. The van der Waals surface area contributed by atoms with Crippen molar-refractivity contribution in [2.45, 2.75) is 65.5 Å². The molecule has 0 bridgehead atoms. The van der Waals surface area contributed by atoms with E-state index in [1.807, 2.05) is 0 Å². The first-order valence-corrected chi connectivity index (χ1v) is 9.55. The third-order valence-electron chi connectivity index (χ3n) is 5.99. The van der Waals surface area contributed by atoms with Gasteiger partial charge in [-0.15, -0.1) is 0 Å². The Morgan fingerprint density at radius 1 is 1.25 bits per heavy atom. The Balaban J connectivity index is 1.67. The van der Waals surface area contributed by atoms with Crippen LogP contribution in [0.3, 0.4) is 0 Å². The lowest BCUT2D eigenvalue weighted by Gasteiger charge is -2.34. The molecule has 150 valence electrons. The number of ether oxygens (including phenoxy) is 4. The van der Waals surface area contributed by atoms with Gasteiger partial charge in [-0.3, -0.25) is 4.79 Å². The molecule has 1 fully saturated rings. The molecule has 1 unspecified atom stereocenters. The maximum Gasteiger partial charge on any atom is 0.338 e. The number of hydrogen-bond acceptors (Lipinski definition) is 7. The van der Waals surface area contributed by atoms with E-state index in [1.165, 1.54) is 13.2 Å². The lowest BCUT2D eigenvalue weighted by Crippen LogP contribution is -2.29. The summed E-state index contributed by atoms with van der Waals surface area (Å²) < 4.78 is 21.9. The normalized spacial score (nSPS) is 34.6. The van der Waals surface area contributed by atoms with Crippen molar-refractivity contribution < 1.29 is 33.3 Å². The van der Waals surface area contributed by atoms with E-state index in [1.54, 1.807) is 13.0 Å². The van der Waals surface area contributed by atoms with Gasteiger partial charge in [0.25, 0.3) is 6.29 Å². The molecular weight excluding hydrogens is 364 g/mol. The molecule has 0 amide bonds. The lowest BCUT2D eigenvalue weighted by atomic mass is 9.72. The van der Waals surface area contributed by atoms with Crippen molar-refractivity contribution >= 4 is 17.9 Å². The van der Waals surface area contributed by atoms with Crippen molar-refractivity contribution in [2.75, 3.05) is 0 Å². The Hall–Kier alpha value is -2.57. The molecular formula is C21H24O7. The van der Waals surface area contributed by atoms with Gasteiger partial charge >= 0.3 is 17.9 Å². The van der Waals surface area contributed by atoms with Crippen molar-refractivity contribution in [3.63, 3.8) is 0 Å². The number of hydrogen-bond donors (Lipinski definition) is 0. The smallest absolute Gasteiger partial charge is 0.338 e. The molecule has 4 atom stereocenters. The molecule has 7 heteroatoms. The molecule has 28 heavy (non-hydrogen) atoms. The molecule has 4 aliphatic rings. The monoisotopic (exact) mass is 388 g/mol. The second-order valence-corrected chi connectivity index (χ2v) is 8.39. The molecule has 0 spiro atoms. The quantitative estimate of drug-likeness (QED) is 0.241. The molecule has 0 aromatic carbocycles. The first-order chi connectivity index (χ1) is 13.2. The van der Waals surface area contributed by atoms with Gasteiger partial charge in [0.05, 0.1) is 17.8 Å². The summed E-state index contributed by atoms with van der Waals surface area (Å²) in [5.41, 5.74) is 2.74. The SMILES string of the molecule is CC(=O)O[C@@H]1C2=C([C@H]3OC(=O)C(=CO[C@H]4C=C(C)C(=O)O4)C13)C(C)(C)CCC2. The van der Waals surface area contributed by atoms with E-state index in [0.29, 0.717) is 11.1 Å². The van der Waals surface area contributed by atoms with E-state index >= 15 is 0 Å². The standard InChI is InChI=1S/C21H24O7/c1-10-8-14(27-19(10)23)25-9-13-15-17(26-11(2)22)12-6-5-7-21(3,4)16(12)18(15)28-20(13)24/h8-9,14-15,17-18H,5-7H2,1-4H3/t14-,15?,17-,18+/m1/s1. The van der Waals surface area contributed by atoms with Crippen LogP contribution in [-0.2, 0) is 33.3 Å². The van der Waals surface area contributed by atoms with Crippen LogP contribution < -0.4 is 0 Å². The van der Waals surface area contributed by atoms with Crippen LogP contribution in [0.1, 0.15) is 47.0 Å². The zero-order valence-electron chi connectivity index (χ0n) is 16.4. The third-order valence-corrected chi connectivity index (χ3v) is 5.99. The number of rotatable bonds is 3. The molecule has 0 saturated carbocycles. The van der Waals surface area contributed by atoms with E-state index < -0.39 is 42.3 Å². The molecule has 4 rings (SSSR count). The van der Waals surface area contributed by atoms with E-state index in [9.17, 15) is 14.4 Å². The number of fused-ring (bicyclic) bond motifs is 2. The molecule has 0 radical (unpaired) electrons. The highest BCUT2D eigenvalue weighted by atomic mass is 16.7. The van der Waals surface area contributed by atoms with Crippen molar-refractivity contribution in [3.8, 4) is 0 Å². The fourth-order valence-electron chi connectivity index (χ4n) is 4.78. The van der Waals surface area contributed by atoms with Gasteiger partial charge in [-0.2, -0.15) is 0 Å². The molecule has 1 saturated heterocycles. The Bertz CT molecular complexity index is 845. The molecule has 7 nitrogen and oxygen atoms in total. The van der Waals surface area contributed by atoms with Crippen LogP contribution in [-0.4, -0.2) is 36.4 Å². The Morgan fingerprint density at radius 3 is 2.64 bits per heavy atom. The summed E-state index contributed by atoms with van der Waals surface area (Å²) in [5, 5.41) is 0. The highest BCUT2D eigenvalue weighted by Crippen LogP contribution is 2.55. The number of carbonyl (C=O) groups excluding carboxylic acids is 3. The molecule has 0 aromatic rings. The van der Waals surface area contributed by atoms with Crippen LogP contribution in [0, 0.1) is 11.3 Å². The summed E-state index contributed by atoms with van der Waals surface area (Å²) >= 11 is 0. The number of esters is 3. The first kappa shape index (κ1) is 18.8. The molecule has 0 aromatic heterocycles. The zero-order chi connectivity index (χ0) is 20.2. The molecule has 2 aliphatic carbocycles. The van der Waals surface area contributed by atoms with Gasteiger partial charge in [0.15, 0.2) is 0 Å². The van der Waals surface area contributed by atoms with Gasteiger partial charge in [0.1, 0.15) is 12.2 Å². The summed E-state index contributed by atoms with van der Waals surface area (Å²) in [6, 6.07) is 0. The highest BCUT2D eigenvalue weighted by Gasteiger charge is 2.58. The predicted octanol–water partition coefficient (Wildman–Crippen LogP) is 2.71. The topological polar surface area (TPSA) is 88.1 Å². The summed E-state index contributed by atoms with van der Waals surface area (Å²) in [7, 11) is 0. The van der Waals surface area contributed by atoms with Gasteiger partial charge in [0, 0.05) is 18.6 Å². The van der Waals surface area contributed by atoms with Gasteiger partial charge < -0.3 is 18.9 Å². The summed E-state index contributed by atoms with van der Waals surface area (Å²) in [6.07, 6.45) is 3.76. The fraction of sp³-hybridized carbons (Fsp3) is 0.571. The average molecular weight is 388 g/mol. The minimum absolute atomic E-state index is 0.136. The first-order valence-electron chi connectivity index (χ1n) is 9.55. The average Bonchev–Trinajstić information content (AvgIpc) is 3.18. The fourth-order valence-corrected chi connectivity index (χ4v) is 4.78. The van der Waals surface area contributed by atoms with Crippen molar-refractivity contribution in [1.82, 2.24) is 0 Å². The van der Waals surface area contributed by atoms with Crippen LogP contribution in [0.15, 0.2) is 34.6 Å². The number of cyclic esters (lactones) is 1. The maximum atomic E-state index is 12.6. The van der Waals surface area contributed by atoms with Crippen LogP contribution in [0.4, 0.5) is 0 Å². The van der Waals surface area contributed by atoms with E-state index in [4.69, 9.17) is 18.9 Å². The molecule has 2 aliphatic heterocycles. The highest BCUT2D eigenvalue weighted by molar-refractivity contribution is 5.93. The van der Waals surface area contributed by atoms with Gasteiger partial charge in [-0.25, -0.2) is 9.59 Å². The Labute approximate surface area is 163 Å². The minimum Gasteiger partial charge on any atom is -0.458 e. The Kier molecular flexibility index (Phi) is 4.36. The minimum atomic E-state index is -0.876. The predicted molar refractivity (Wildman–Crippen MR) is 96.4 cm³/mol. The van der Waals surface area contributed by atoms with Gasteiger partial charge in [-0.05, 0) is 42.7 Å². The van der Waals surface area contributed by atoms with Crippen molar-refractivity contribution in [2.24, 2.45) is 11.3 Å². The van der Waals surface area contributed by atoms with Crippen molar-refractivity contribution in [1.29, 1.82) is 0 Å². The molecule has 0 N–H and O–H groups in total. The Morgan fingerprint density at radius 2 is 2.00 bits per heavy atom. The van der Waals surface area contributed by atoms with Gasteiger partial charge in [-0.1, -0.05) is 13.8 Å². The summed E-state index contributed by atoms with van der Waals surface area (Å²) in [6.45, 7) is 7.26. The second kappa shape index (κ2) is 6.50. The summed E-state index contributed by atoms with van der Waals surface area (Å²) in [4.78, 5) is 35.8. The third kappa shape index (κ3) is 2.93.